The van der Waals surface area contributed by atoms with Crippen molar-refractivity contribution >= 4 is 11.9 Å². The van der Waals surface area contributed by atoms with Gasteiger partial charge in [-0.05, 0) is 26.7 Å². The maximum Gasteiger partial charge on any atom is 0.323 e. The van der Waals surface area contributed by atoms with Gasteiger partial charge in [-0.2, -0.15) is 15.0 Å². The van der Waals surface area contributed by atoms with Crippen LogP contribution in [0.1, 0.15) is 39.5 Å². The lowest BCUT2D eigenvalue weighted by Gasteiger charge is -2.14. The molecule has 0 aromatic carbocycles. The fourth-order valence-corrected chi connectivity index (χ4v) is 2.05. The Morgan fingerprint density at radius 3 is 2.39 bits per heavy atom. The molecule has 0 amide bonds. The van der Waals surface area contributed by atoms with E-state index in [-0.39, 0.29) is 6.10 Å². The van der Waals surface area contributed by atoms with Gasteiger partial charge in [0.15, 0.2) is 0 Å². The zero-order valence-corrected chi connectivity index (χ0v) is 11.2. The van der Waals surface area contributed by atoms with Crippen molar-refractivity contribution in [1.29, 1.82) is 0 Å². The molecule has 0 unspecified atom stereocenters. The van der Waals surface area contributed by atoms with Crippen molar-refractivity contribution in [2.75, 3.05) is 17.7 Å². The fraction of sp³-hybridized carbons (Fsp3) is 0.750. The topological polar surface area (TPSA) is 72.0 Å². The van der Waals surface area contributed by atoms with Gasteiger partial charge < -0.3 is 15.4 Å². The molecule has 100 valence electrons. The summed E-state index contributed by atoms with van der Waals surface area (Å²) >= 11 is 0. The van der Waals surface area contributed by atoms with Crippen LogP contribution in [0.15, 0.2) is 0 Å². The summed E-state index contributed by atoms with van der Waals surface area (Å²) in [5, 5.41) is 6.27. The molecule has 1 fully saturated rings. The van der Waals surface area contributed by atoms with E-state index in [2.05, 4.69) is 25.6 Å². The molecule has 2 N–H and O–H groups in total. The second kappa shape index (κ2) is 5.84. The number of hydrogen-bond acceptors (Lipinski definition) is 6. The first-order valence-electron chi connectivity index (χ1n) is 6.54. The highest BCUT2D eigenvalue weighted by molar-refractivity contribution is 5.36. The quantitative estimate of drug-likeness (QED) is 0.834. The SMILES string of the molecule is CNc1nc(NC2CCCC2)nc(OC(C)C)n1. The van der Waals surface area contributed by atoms with E-state index < -0.39 is 0 Å². The van der Waals surface area contributed by atoms with Gasteiger partial charge in [-0.1, -0.05) is 12.8 Å². The first kappa shape index (κ1) is 12.9. The summed E-state index contributed by atoms with van der Waals surface area (Å²) in [6.45, 7) is 3.90. The zero-order valence-electron chi connectivity index (χ0n) is 11.2. The summed E-state index contributed by atoms with van der Waals surface area (Å²) in [6.07, 6.45) is 4.96. The van der Waals surface area contributed by atoms with Crippen LogP contribution < -0.4 is 15.4 Å². The Kier molecular flexibility index (Phi) is 4.17. The van der Waals surface area contributed by atoms with Crippen LogP contribution in [0, 0.1) is 0 Å². The third-order valence-electron chi connectivity index (χ3n) is 2.87. The van der Waals surface area contributed by atoms with Gasteiger partial charge >= 0.3 is 6.01 Å². The number of hydrogen-bond donors (Lipinski definition) is 2. The molecule has 6 nitrogen and oxygen atoms in total. The molecule has 6 heteroatoms. The monoisotopic (exact) mass is 251 g/mol. The predicted molar refractivity (Wildman–Crippen MR) is 71.0 cm³/mol. The molecule has 18 heavy (non-hydrogen) atoms. The Balaban J connectivity index is 2.11. The molecule has 1 heterocycles. The normalized spacial score (nSPS) is 16.0. The van der Waals surface area contributed by atoms with Gasteiger partial charge in [-0.3, -0.25) is 0 Å². The lowest BCUT2D eigenvalue weighted by molar-refractivity contribution is 0.222. The van der Waals surface area contributed by atoms with Crippen LogP contribution in [-0.2, 0) is 0 Å². The summed E-state index contributed by atoms with van der Waals surface area (Å²) in [6, 6.07) is 0.842. The van der Waals surface area contributed by atoms with Crippen LogP contribution in [0.5, 0.6) is 6.01 Å². The van der Waals surface area contributed by atoms with Crippen LogP contribution >= 0.6 is 0 Å². The summed E-state index contributed by atoms with van der Waals surface area (Å²) in [7, 11) is 1.79. The van der Waals surface area contributed by atoms with Crippen LogP contribution in [0.3, 0.4) is 0 Å². The van der Waals surface area contributed by atoms with Crippen molar-refractivity contribution in [2.45, 2.75) is 51.7 Å². The minimum atomic E-state index is 0.0523. The van der Waals surface area contributed by atoms with Crippen LogP contribution in [0.4, 0.5) is 11.9 Å². The van der Waals surface area contributed by atoms with E-state index in [1.807, 2.05) is 13.8 Å². The van der Waals surface area contributed by atoms with E-state index in [4.69, 9.17) is 4.74 Å². The molecule has 1 saturated carbocycles. The third kappa shape index (κ3) is 3.45. The van der Waals surface area contributed by atoms with Crippen molar-refractivity contribution in [3.63, 3.8) is 0 Å². The second-order valence-electron chi connectivity index (χ2n) is 4.81. The summed E-state index contributed by atoms with van der Waals surface area (Å²) in [5.74, 6) is 1.12. The Labute approximate surface area is 108 Å². The van der Waals surface area contributed by atoms with Gasteiger partial charge in [0, 0.05) is 13.1 Å². The van der Waals surface area contributed by atoms with Gasteiger partial charge in [0.1, 0.15) is 0 Å². The molecular weight excluding hydrogens is 230 g/mol. The molecule has 1 aromatic rings. The predicted octanol–water partition coefficient (Wildman–Crippen LogP) is 2.05. The van der Waals surface area contributed by atoms with E-state index in [9.17, 15) is 0 Å². The van der Waals surface area contributed by atoms with Gasteiger partial charge in [-0.15, -0.1) is 0 Å². The van der Waals surface area contributed by atoms with Gasteiger partial charge in [0.25, 0.3) is 0 Å². The molecule has 1 aliphatic carbocycles. The van der Waals surface area contributed by atoms with E-state index in [0.717, 1.165) is 0 Å². The second-order valence-corrected chi connectivity index (χ2v) is 4.81. The molecule has 1 aliphatic rings. The molecular formula is C12H21N5O. The molecule has 0 saturated heterocycles. The van der Waals surface area contributed by atoms with E-state index >= 15 is 0 Å². The van der Waals surface area contributed by atoms with Crippen LogP contribution in [0.2, 0.25) is 0 Å². The smallest absolute Gasteiger partial charge is 0.323 e. The lowest BCUT2D eigenvalue weighted by Crippen LogP contribution is -2.18. The van der Waals surface area contributed by atoms with Crippen molar-refractivity contribution in [3.05, 3.63) is 0 Å². The molecule has 0 bridgehead atoms. The number of ether oxygens (including phenoxy) is 1. The van der Waals surface area contributed by atoms with E-state index in [1.54, 1.807) is 7.05 Å². The summed E-state index contributed by atoms with van der Waals surface area (Å²) in [5.41, 5.74) is 0. The Morgan fingerprint density at radius 1 is 1.11 bits per heavy atom. The number of aromatic nitrogens is 3. The first-order chi connectivity index (χ1) is 8.67. The number of anilines is 2. The molecule has 0 aliphatic heterocycles. The molecule has 1 aromatic heterocycles. The van der Waals surface area contributed by atoms with E-state index in [1.165, 1.54) is 25.7 Å². The van der Waals surface area contributed by atoms with Gasteiger partial charge in [0.05, 0.1) is 6.10 Å². The highest BCUT2D eigenvalue weighted by Crippen LogP contribution is 2.21. The van der Waals surface area contributed by atoms with Crippen LogP contribution in [0.25, 0.3) is 0 Å². The van der Waals surface area contributed by atoms with Crippen LogP contribution in [-0.4, -0.2) is 34.1 Å². The maximum absolute atomic E-state index is 5.52. The third-order valence-corrected chi connectivity index (χ3v) is 2.87. The Bertz CT molecular complexity index is 390. The summed E-state index contributed by atoms with van der Waals surface area (Å²) < 4.78 is 5.52. The standard InChI is InChI=1S/C12H21N5O/c1-8(2)18-12-16-10(13-3)15-11(17-12)14-9-6-4-5-7-9/h8-9H,4-7H2,1-3H3,(H2,13,14,15,16,17). The number of nitrogens with one attached hydrogen (secondary N) is 2. The molecule has 0 atom stereocenters. The van der Waals surface area contributed by atoms with Crippen molar-refractivity contribution in [3.8, 4) is 6.01 Å². The Morgan fingerprint density at radius 2 is 1.78 bits per heavy atom. The molecule has 0 spiro atoms. The van der Waals surface area contributed by atoms with Gasteiger partial charge in [-0.25, -0.2) is 0 Å². The highest BCUT2D eigenvalue weighted by atomic mass is 16.5. The number of nitrogens with zero attached hydrogens (tertiary/aromatic N) is 3. The van der Waals surface area contributed by atoms with E-state index in [0.29, 0.717) is 23.9 Å². The average Bonchev–Trinajstić information content (AvgIpc) is 2.80. The zero-order chi connectivity index (χ0) is 13.0. The minimum absolute atomic E-state index is 0.0523. The van der Waals surface area contributed by atoms with Crippen molar-refractivity contribution in [2.24, 2.45) is 0 Å². The number of rotatable bonds is 5. The molecule has 2 rings (SSSR count). The highest BCUT2D eigenvalue weighted by Gasteiger charge is 2.17. The maximum atomic E-state index is 5.52. The minimum Gasteiger partial charge on any atom is -0.461 e. The first-order valence-corrected chi connectivity index (χ1v) is 6.54. The van der Waals surface area contributed by atoms with Crippen molar-refractivity contribution in [1.82, 2.24) is 15.0 Å². The lowest BCUT2D eigenvalue weighted by atomic mass is 10.3. The largest absolute Gasteiger partial charge is 0.461 e. The molecule has 0 radical (unpaired) electrons. The fourth-order valence-electron chi connectivity index (χ4n) is 2.05. The summed E-state index contributed by atoms with van der Waals surface area (Å²) in [4.78, 5) is 12.8. The van der Waals surface area contributed by atoms with Crippen molar-refractivity contribution < 1.29 is 4.74 Å². The Hall–Kier alpha value is -1.59. The van der Waals surface area contributed by atoms with Gasteiger partial charge in [0.2, 0.25) is 11.9 Å². The average molecular weight is 251 g/mol.